The third kappa shape index (κ3) is 4.64. The molecule has 3 atom stereocenters. The molecule has 0 bridgehead atoms. The van der Waals surface area contributed by atoms with Crippen molar-refractivity contribution in [3.05, 3.63) is 72.2 Å². The van der Waals surface area contributed by atoms with Crippen molar-refractivity contribution in [2.75, 3.05) is 0 Å². The second-order valence-corrected chi connectivity index (χ2v) is 7.70. The number of hydrogen-bond acceptors (Lipinski definition) is 1. The molecular weight excluding hydrogens is 306 g/mol. The number of aliphatic hydroxyl groups is 1. The Morgan fingerprint density at radius 2 is 2.16 bits per heavy atom. The molecule has 2 heteroatoms. The SMILES string of the molecule is C=C1C=C(C(C)(C(=C)CCCC(O)=CC)C2C=CC=CC2)[NH2+]C(C)C1. The average molecular weight is 341 g/mol. The van der Waals surface area contributed by atoms with Crippen LogP contribution >= 0.6 is 0 Å². The number of allylic oxidation sites excluding steroid dienone is 8. The smallest absolute Gasteiger partial charge is 0.117 e. The molecule has 2 rings (SSSR count). The highest BCUT2D eigenvalue weighted by molar-refractivity contribution is 5.34. The molecule has 0 aromatic carbocycles. The molecule has 1 aliphatic heterocycles. The van der Waals surface area contributed by atoms with Gasteiger partial charge in [0.15, 0.2) is 0 Å². The highest BCUT2D eigenvalue weighted by Gasteiger charge is 2.43. The maximum atomic E-state index is 9.72. The summed E-state index contributed by atoms with van der Waals surface area (Å²) in [6.07, 6.45) is 17.6. The van der Waals surface area contributed by atoms with E-state index in [4.69, 9.17) is 0 Å². The molecule has 2 aliphatic rings. The van der Waals surface area contributed by atoms with Crippen LogP contribution in [-0.4, -0.2) is 11.1 Å². The van der Waals surface area contributed by atoms with Gasteiger partial charge in [-0.05, 0) is 63.7 Å². The molecule has 136 valence electrons. The summed E-state index contributed by atoms with van der Waals surface area (Å²) in [4.78, 5) is 0. The van der Waals surface area contributed by atoms with Gasteiger partial charge in [-0.2, -0.15) is 0 Å². The largest absolute Gasteiger partial charge is 0.513 e. The molecule has 0 saturated carbocycles. The third-order valence-corrected chi connectivity index (χ3v) is 5.71. The van der Waals surface area contributed by atoms with Crippen LogP contribution in [0.4, 0.5) is 0 Å². The van der Waals surface area contributed by atoms with Gasteiger partial charge in [0, 0.05) is 12.8 Å². The summed E-state index contributed by atoms with van der Waals surface area (Å²) in [5.74, 6) is 0.890. The standard InChI is InChI=1S/C23H33NO/c1-6-21(25)14-10-11-18(3)23(5,20-12-8-7-9-13-20)22-16-17(2)15-19(4)24-22/h6-9,12,16,19-20,24-25H,2-3,10-11,13-15H2,1,4-5H3/p+1. The van der Waals surface area contributed by atoms with Crippen LogP contribution in [0.15, 0.2) is 72.2 Å². The second kappa shape index (κ2) is 8.53. The molecule has 3 unspecified atom stereocenters. The number of quaternary nitrogens is 1. The van der Waals surface area contributed by atoms with Crippen molar-refractivity contribution in [1.82, 2.24) is 0 Å². The highest BCUT2D eigenvalue weighted by atomic mass is 16.3. The summed E-state index contributed by atoms with van der Waals surface area (Å²) in [6, 6.07) is 0.523. The Kier molecular flexibility index (Phi) is 6.66. The van der Waals surface area contributed by atoms with Crippen molar-refractivity contribution in [2.24, 2.45) is 11.3 Å². The summed E-state index contributed by atoms with van der Waals surface area (Å²) < 4.78 is 0. The Labute approximate surface area is 153 Å². The number of rotatable bonds is 7. The first kappa shape index (κ1) is 19.5. The fourth-order valence-corrected chi connectivity index (χ4v) is 4.01. The van der Waals surface area contributed by atoms with E-state index in [9.17, 15) is 5.11 Å². The average Bonchev–Trinajstić information content (AvgIpc) is 2.60. The first-order valence-electron chi connectivity index (χ1n) is 9.48. The van der Waals surface area contributed by atoms with E-state index in [0.717, 1.165) is 32.1 Å². The summed E-state index contributed by atoms with van der Waals surface area (Å²) in [7, 11) is 0. The maximum Gasteiger partial charge on any atom is 0.117 e. The van der Waals surface area contributed by atoms with Crippen molar-refractivity contribution in [1.29, 1.82) is 0 Å². The predicted molar refractivity (Wildman–Crippen MR) is 107 cm³/mol. The number of nitrogens with two attached hydrogens (primary N) is 1. The molecular formula is C23H34NO+. The van der Waals surface area contributed by atoms with Crippen molar-refractivity contribution in [2.45, 2.75) is 58.9 Å². The van der Waals surface area contributed by atoms with E-state index in [-0.39, 0.29) is 5.41 Å². The minimum atomic E-state index is -0.0928. The summed E-state index contributed by atoms with van der Waals surface area (Å²) in [5, 5.41) is 12.1. The molecule has 0 aromatic heterocycles. The van der Waals surface area contributed by atoms with Crippen molar-refractivity contribution in [3.63, 3.8) is 0 Å². The molecule has 0 saturated heterocycles. The fourth-order valence-electron chi connectivity index (χ4n) is 4.01. The van der Waals surface area contributed by atoms with Crippen LogP contribution in [0.25, 0.3) is 0 Å². The molecule has 1 aliphatic carbocycles. The van der Waals surface area contributed by atoms with Gasteiger partial charge in [0.25, 0.3) is 0 Å². The number of hydrogen-bond donors (Lipinski definition) is 2. The van der Waals surface area contributed by atoms with Gasteiger partial charge < -0.3 is 10.4 Å². The van der Waals surface area contributed by atoms with Crippen molar-refractivity contribution in [3.8, 4) is 0 Å². The lowest BCUT2D eigenvalue weighted by molar-refractivity contribution is -0.651. The highest BCUT2D eigenvalue weighted by Crippen LogP contribution is 2.45. The molecule has 0 spiro atoms. The summed E-state index contributed by atoms with van der Waals surface area (Å²) in [5.41, 5.74) is 3.74. The van der Waals surface area contributed by atoms with Crippen LogP contribution in [-0.2, 0) is 0 Å². The number of aliphatic hydroxyl groups excluding tert-OH is 1. The van der Waals surface area contributed by atoms with Gasteiger partial charge in [-0.1, -0.05) is 43.0 Å². The fraction of sp³-hybridized carbons (Fsp3) is 0.478. The van der Waals surface area contributed by atoms with Gasteiger partial charge in [0.1, 0.15) is 5.70 Å². The Morgan fingerprint density at radius 3 is 2.76 bits per heavy atom. The first-order valence-corrected chi connectivity index (χ1v) is 9.48. The quantitative estimate of drug-likeness (QED) is 0.490. The van der Waals surface area contributed by atoms with E-state index in [0.29, 0.717) is 17.7 Å². The zero-order valence-corrected chi connectivity index (χ0v) is 16.1. The van der Waals surface area contributed by atoms with E-state index >= 15 is 0 Å². The first-order chi connectivity index (χ1) is 11.9. The molecule has 0 aromatic rings. The zero-order chi connectivity index (χ0) is 18.4. The Hall–Kier alpha value is -1.80. The Bertz CT molecular complexity index is 634. The molecule has 1 heterocycles. The minimum absolute atomic E-state index is 0.0928. The molecule has 0 radical (unpaired) electrons. The Morgan fingerprint density at radius 1 is 1.40 bits per heavy atom. The lowest BCUT2D eigenvalue weighted by Crippen LogP contribution is -2.90. The lowest BCUT2D eigenvalue weighted by atomic mass is 9.65. The van der Waals surface area contributed by atoms with Crippen LogP contribution in [0.3, 0.4) is 0 Å². The van der Waals surface area contributed by atoms with E-state index in [1.165, 1.54) is 16.8 Å². The van der Waals surface area contributed by atoms with Crippen LogP contribution in [0.5, 0.6) is 0 Å². The van der Waals surface area contributed by atoms with Crippen LogP contribution in [0.2, 0.25) is 0 Å². The van der Waals surface area contributed by atoms with Crippen molar-refractivity contribution < 1.29 is 10.4 Å². The van der Waals surface area contributed by atoms with E-state index < -0.39 is 0 Å². The van der Waals surface area contributed by atoms with E-state index in [1.54, 1.807) is 6.08 Å². The monoisotopic (exact) mass is 340 g/mol. The van der Waals surface area contributed by atoms with E-state index in [2.05, 4.69) is 62.7 Å². The van der Waals surface area contributed by atoms with E-state index in [1.807, 2.05) is 6.92 Å². The van der Waals surface area contributed by atoms with Crippen LogP contribution < -0.4 is 5.32 Å². The molecule has 3 N–H and O–H groups in total. The van der Waals surface area contributed by atoms with Crippen LogP contribution in [0.1, 0.15) is 52.9 Å². The van der Waals surface area contributed by atoms with Gasteiger partial charge in [0.2, 0.25) is 0 Å². The van der Waals surface area contributed by atoms with Gasteiger partial charge in [-0.3, -0.25) is 0 Å². The van der Waals surface area contributed by atoms with Crippen LogP contribution in [0, 0.1) is 11.3 Å². The third-order valence-electron chi connectivity index (χ3n) is 5.71. The minimum Gasteiger partial charge on any atom is -0.513 e. The van der Waals surface area contributed by atoms with Gasteiger partial charge >= 0.3 is 0 Å². The topological polar surface area (TPSA) is 36.8 Å². The van der Waals surface area contributed by atoms with Gasteiger partial charge in [0.05, 0.1) is 17.2 Å². The molecule has 0 amide bonds. The van der Waals surface area contributed by atoms with Gasteiger partial charge in [-0.15, -0.1) is 0 Å². The summed E-state index contributed by atoms with van der Waals surface area (Å²) >= 11 is 0. The summed E-state index contributed by atoms with van der Waals surface area (Å²) in [6.45, 7) is 15.2. The molecule has 2 nitrogen and oxygen atoms in total. The predicted octanol–water partition coefficient (Wildman–Crippen LogP) is 5.11. The second-order valence-electron chi connectivity index (χ2n) is 7.70. The Balaban J connectivity index is 2.26. The molecule has 25 heavy (non-hydrogen) atoms. The zero-order valence-electron chi connectivity index (χ0n) is 16.1. The maximum absolute atomic E-state index is 9.72. The van der Waals surface area contributed by atoms with Crippen molar-refractivity contribution >= 4 is 0 Å². The molecule has 0 fully saturated rings. The van der Waals surface area contributed by atoms with Gasteiger partial charge in [-0.25, -0.2) is 0 Å². The lowest BCUT2D eigenvalue weighted by Gasteiger charge is -2.40. The normalized spacial score (nSPS) is 26.3.